The van der Waals surface area contributed by atoms with Gasteiger partial charge < -0.3 is 25.0 Å². The van der Waals surface area contributed by atoms with Crippen LogP contribution in [0.15, 0.2) is 0 Å². The molecule has 0 aromatic heterocycles. The van der Waals surface area contributed by atoms with E-state index in [2.05, 4.69) is 19.2 Å². The molecular formula is C13H27NO4. The molecule has 1 fully saturated rings. The molecule has 0 aromatic carbocycles. The number of ether oxygens (including phenoxy) is 2. The monoisotopic (exact) mass is 261 g/mol. The standard InChI is InChI=1S/C13H27NO4/c1-5-9(4)18-13-12(16)11(15)10(7-17-13)14-6-8(2)3/h8-16H,5-7H2,1-4H3/t9?,10-,11-,12+,13-/m0/s1. The van der Waals surface area contributed by atoms with E-state index in [-0.39, 0.29) is 12.1 Å². The molecule has 18 heavy (non-hydrogen) atoms. The zero-order valence-corrected chi connectivity index (χ0v) is 11.8. The quantitative estimate of drug-likeness (QED) is 0.649. The lowest BCUT2D eigenvalue weighted by Gasteiger charge is -2.38. The minimum atomic E-state index is -1.00. The summed E-state index contributed by atoms with van der Waals surface area (Å²) in [5.74, 6) is 0.489. The molecule has 0 saturated carbocycles. The number of hydrogen-bond acceptors (Lipinski definition) is 5. The summed E-state index contributed by atoms with van der Waals surface area (Å²) in [7, 11) is 0. The Morgan fingerprint density at radius 3 is 2.50 bits per heavy atom. The molecule has 0 spiro atoms. The van der Waals surface area contributed by atoms with Gasteiger partial charge in [-0.1, -0.05) is 20.8 Å². The highest BCUT2D eigenvalue weighted by molar-refractivity contribution is 4.88. The van der Waals surface area contributed by atoms with Crippen molar-refractivity contribution >= 4 is 0 Å². The van der Waals surface area contributed by atoms with Gasteiger partial charge in [0, 0.05) is 0 Å². The van der Waals surface area contributed by atoms with Crippen LogP contribution < -0.4 is 5.32 Å². The maximum atomic E-state index is 10.0. The molecule has 108 valence electrons. The second-order valence-electron chi connectivity index (χ2n) is 5.45. The van der Waals surface area contributed by atoms with E-state index >= 15 is 0 Å². The molecule has 1 aliphatic rings. The minimum Gasteiger partial charge on any atom is -0.388 e. The summed E-state index contributed by atoms with van der Waals surface area (Å²) in [5.41, 5.74) is 0. The minimum absolute atomic E-state index is 0.0111. The largest absolute Gasteiger partial charge is 0.388 e. The van der Waals surface area contributed by atoms with Gasteiger partial charge >= 0.3 is 0 Å². The second kappa shape index (κ2) is 7.40. The molecule has 1 saturated heterocycles. The van der Waals surface area contributed by atoms with Gasteiger partial charge in [-0.05, 0) is 25.8 Å². The fourth-order valence-corrected chi connectivity index (χ4v) is 1.81. The molecule has 5 atom stereocenters. The molecule has 0 amide bonds. The summed E-state index contributed by atoms with van der Waals surface area (Å²) in [6.07, 6.45) is -1.73. The van der Waals surface area contributed by atoms with Crippen molar-refractivity contribution in [3.8, 4) is 0 Å². The van der Waals surface area contributed by atoms with E-state index in [1.807, 2.05) is 13.8 Å². The van der Waals surface area contributed by atoms with Gasteiger partial charge in [0.05, 0.1) is 18.8 Å². The highest BCUT2D eigenvalue weighted by Gasteiger charge is 2.39. The van der Waals surface area contributed by atoms with Gasteiger partial charge in [-0.3, -0.25) is 0 Å². The summed E-state index contributed by atoms with van der Waals surface area (Å²) in [6.45, 7) is 9.25. The maximum absolute atomic E-state index is 10.0. The molecule has 1 aliphatic heterocycles. The summed E-state index contributed by atoms with van der Waals surface area (Å²) in [5, 5.41) is 23.2. The van der Waals surface area contributed by atoms with E-state index in [0.717, 1.165) is 13.0 Å². The average molecular weight is 261 g/mol. The van der Waals surface area contributed by atoms with Crippen molar-refractivity contribution < 1.29 is 19.7 Å². The van der Waals surface area contributed by atoms with Crippen molar-refractivity contribution in [1.29, 1.82) is 0 Å². The van der Waals surface area contributed by atoms with E-state index in [1.54, 1.807) is 0 Å². The molecule has 0 bridgehead atoms. The van der Waals surface area contributed by atoms with Crippen LogP contribution in [0.2, 0.25) is 0 Å². The van der Waals surface area contributed by atoms with E-state index < -0.39 is 18.5 Å². The fraction of sp³-hybridized carbons (Fsp3) is 1.00. The van der Waals surface area contributed by atoms with Crippen molar-refractivity contribution in [2.24, 2.45) is 5.92 Å². The number of nitrogens with one attached hydrogen (secondary N) is 1. The first kappa shape index (κ1) is 15.9. The van der Waals surface area contributed by atoms with E-state index in [9.17, 15) is 10.2 Å². The molecular weight excluding hydrogens is 234 g/mol. The van der Waals surface area contributed by atoms with Gasteiger partial charge in [0.2, 0.25) is 0 Å². The third kappa shape index (κ3) is 4.48. The zero-order valence-electron chi connectivity index (χ0n) is 11.8. The molecule has 5 nitrogen and oxygen atoms in total. The lowest BCUT2D eigenvalue weighted by Crippen LogP contribution is -2.59. The summed E-state index contributed by atoms with van der Waals surface area (Å²) in [6, 6.07) is -0.237. The normalized spacial score (nSPS) is 34.8. The third-order valence-corrected chi connectivity index (χ3v) is 3.21. The Morgan fingerprint density at radius 2 is 1.94 bits per heavy atom. The highest BCUT2D eigenvalue weighted by atomic mass is 16.7. The Bertz CT molecular complexity index is 237. The lowest BCUT2D eigenvalue weighted by atomic mass is 10.0. The van der Waals surface area contributed by atoms with E-state index in [0.29, 0.717) is 12.5 Å². The van der Waals surface area contributed by atoms with Gasteiger partial charge in [-0.25, -0.2) is 0 Å². The first-order chi connectivity index (χ1) is 8.45. The zero-order chi connectivity index (χ0) is 13.7. The Balaban J connectivity index is 2.44. The molecule has 1 rings (SSSR count). The smallest absolute Gasteiger partial charge is 0.186 e. The van der Waals surface area contributed by atoms with Gasteiger partial charge in [-0.2, -0.15) is 0 Å². The Morgan fingerprint density at radius 1 is 1.28 bits per heavy atom. The van der Waals surface area contributed by atoms with Crippen LogP contribution in [0.25, 0.3) is 0 Å². The third-order valence-electron chi connectivity index (χ3n) is 3.21. The van der Waals surface area contributed by atoms with Crippen LogP contribution >= 0.6 is 0 Å². The molecule has 1 unspecified atom stereocenters. The number of hydrogen-bond donors (Lipinski definition) is 3. The fourth-order valence-electron chi connectivity index (χ4n) is 1.81. The predicted octanol–water partition coefficient (Wildman–Crippen LogP) is 0.494. The van der Waals surface area contributed by atoms with Crippen molar-refractivity contribution in [2.75, 3.05) is 13.2 Å². The predicted molar refractivity (Wildman–Crippen MR) is 69.2 cm³/mol. The molecule has 5 heteroatoms. The van der Waals surface area contributed by atoms with Gasteiger partial charge in [0.1, 0.15) is 12.2 Å². The van der Waals surface area contributed by atoms with Crippen molar-refractivity contribution in [2.45, 2.75) is 64.8 Å². The molecule has 3 N–H and O–H groups in total. The molecule has 1 heterocycles. The van der Waals surface area contributed by atoms with Gasteiger partial charge in [0.15, 0.2) is 6.29 Å². The van der Waals surface area contributed by atoms with Crippen LogP contribution in [0, 0.1) is 5.92 Å². The molecule has 0 radical (unpaired) electrons. The van der Waals surface area contributed by atoms with Crippen LogP contribution in [-0.4, -0.2) is 54.0 Å². The number of rotatable bonds is 6. The Kier molecular flexibility index (Phi) is 6.52. The van der Waals surface area contributed by atoms with Crippen molar-refractivity contribution in [3.05, 3.63) is 0 Å². The Hall–Kier alpha value is -0.200. The Labute approximate surface area is 109 Å². The van der Waals surface area contributed by atoms with E-state index in [4.69, 9.17) is 9.47 Å². The van der Waals surface area contributed by atoms with E-state index in [1.165, 1.54) is 0 Å². The number of aliphatic hydroxyl groups excluding tert-OH is 2. The summed E-state index contributed by atoms with van der Waals surface area (Å²) < 4.78 is 11.0. The van der Waals surface area contributed by atoms with Crippen molar-refractivity contribution in [3.63, 3.8) is 0 Å². The van der Waals surface area contributed by atoms with Crippen LogP contribution in [0.5, 0.6) is 0 Å². The first-order valence-electron chi connectivity index (χ1n) is 6.82. The van der Waals surface area contributed by atoms with Crippen molar-refractivity contribution in [1.82, 2.24) is 5.32 Å². The maximum Gasteiger partial charge on any atom is 0.186 e. The average Bonchev–Trinajstić information content (AvgIpc) is 2.33. The van der Waals surface area contributed by atoms with Crippen LogP contribution in [0.3, 0.4) is 0 Å². The highest BCUT2D eigenvalue weighted by Crippen LogP contribution is 2.18. The van der Waals surface area contributed by atoms with Crippen LogP contribution in [-0.2, 0) is 9.47 Å². The molecule has 0 aliphatic carbocycles. The first-order valence-corrected chi connectivity index (χ1v) is 6.82. The number of aliphatic hydroxyl groups is 2. The second-order valence-corrected chi connectivity index (χ2v) is 5.45. The molecule has 0 aromatic rings. The summed E-state index contributed by atoms with van der Waals surface area (Å²) >= 11 is 0. The van der Waals surface area contributed by atoms with Crippen LogP contribution in [0.1, 0.15) is 34.1 Å². The topological polar surface area (TPSA) is 71.0 Å². The lowest BCUT2D eigenvalue weighted by molar-refractivity contribution is -0.263. The van der Waals surface area contributed by atoms with Crippen LogP contribution in [0.4, 0.5) is 0 Å². The SMILES string of the molecule is CCC(C)O[C@@H]1OC[C@H](NCC(C)C)[C@H](O)[C@H]1O. The van der Waals surface area contributed by atoms with Gasteiger partial charge in [-0.15, -0.1) is 0 Å². The van der Waals surface area contributed by atoms with Gasteiger partial charge in [0.25, 0.3) is 0 Å². The summed E-state index contributed by atoms with van der Waals surface area (Å²) in [4.78, 5) is 0.